The molecule has 1 amide bonds. The van der Waals surface area contributed by atoms with Crippen molar-refractivity contribution in [3.05, 3.63) is 23.5 Å². The summed E-state index contributed by atoms with van der Waals surface area (Å²) in [6.07, 6.45) is 0.501. The third-order valence-corrected chi connectivity index (χ3v) is 2.45. The van der Waals surface area contributed by atoms with Crippen molar-refractivity contribution in [3.63, 3.8) is 0 Å². The van der Waals surface area contributed by atoms with Gasteiger partial charge in [-0.3, -0.25) is 9.78 Å². The molecule has 17 heavy (non-hydrogen) atoms. The van der Waals surface area contributed by atoms with Crippen LogP contribution in [0.5, 0.6) is 0 Å². The van der Waals surface area contributed by atoms with Crippen molar-refractivity contribution in [1.82, 2.24) is 4.98 Å². The lowest BCUT2D eigenvalue weighted by molar-refractivity contribution is -0.117. The van der Waals surface area contributed by atoms with E-state index in [-0.39, 0.29) is 5.91 Å². The zero-order chi connectivity index (χ0) is 12.8. The van der Waals surface area contributed by atoms with Gasteiger partial charge in [0.05, 0.1) is 17.4 Å². The van der Waals surface area contributed by atoms with Crippen molar-refractivity contribution < 1.29 is 9.53 Å². The Hall–Kier alpha value is -1.46. The number of hydrogen-bond donors (Lipinski definition) is 2. The predicted molar refractivity (Wildman–Crippen MR) is 66.8 cm³/mol. The average Bonchev–Trinajstić information content (AvgIpc) is 2.29. The highest BCUT2D eigenvalue weighted by Gasteiger charge is 2.14. The molecule has 0 aliphatic rings. The Morgan fingerprint density at radius 2 is 2.24 bits per heavy atom. The van der Waals surface area contributed by atoms with E-state index in [1.54, 1.807) is 7.11 Å². The van der Waals surface area contributed by atoms with Crippen LogP contribution in [0.15, 0.2) is 12.1 Å². The smallest absolute Gasteiger partial charge is 0.241 e. The van der Waals surface area contributed by atoms with E-state index in [0.29, 0.717) is 18.7 Å². The minimum Gasteiger partial charge on any atom is -0.385 e. The van der Waals surface area contributed by atoms with Crippen LogP contribution in [-0.4, -0.2) is 30.6 Å². The van der Waals surface area contributed by atoms with E-state index >= 15 is 0 Å². The number of aryl methyl sites for hydroxylation is 2. The minimum atomic E-state index is -0.560. The van der Waals surface area contributed by atoms with E-state index in [0.717, 1.165) is 11.4 Å². The number of aromatic nitrogens is 1. The van der Waals surface area contributed by atoms with E-state index in [4.69, 9.17) is 10.5 Å². The first-order chi connectivity index (χ1) is 8.04. The SMILES string of the molecule is COCCC(N)C(=O)Nc1ccc(C)nc1C. The first kappa shape index (κ1) is 13.6. The van der Waals surface area contributed by atoms with Crippen molar-refractivity contribution in [2.45, 2.75) is 26.3 Å². The molecule has 0 radical (unpaired) electrons. The summed E-state index contributed by atoms with van der Waals surface area (Å²) in [6, 6.07) is 3.12. The fourth-order valence-electron chi connectivity index (χ4n) is 1.42. The average molecular weight is 237 g/mol. The number of amides is 1. The molecule has 0 aliphatic heterocycles. The standard InChI is InChI=1S/C12H19N3O2/c1-8-4-5-11(9(2)14-8)15-12(16)10(13)6-7-17-3/h4-5,10H,6-7,13H2,1-3H3,(H,15,16). The molecule has 1 aromatic heterocycles. The monoisotopic (exact) mass is 237 g/mol. The maximum absolute atomic E-state index is 11.7. The van der Waals surface area contributed by atoms with Crippen LogP contribution in [-0.2, 0) is 9.53 Å². The zero-order valence-electron chi connectivity index (χ0n) is 10.5. The van der Waals surface area contributed by atoms with Crippen LogP contribution in [0.2, 0.25) is 0 Å². The molecule has 1 atom stereocenters. The quantitative estimate of drug-likeness (QED) is 0.801. The Morgan fingerprint density at radius 1 is 1.53 bits per heavy atom. The van der Waals surface area contributed by atoms with Crippen molar-refractivity contribution in [3.8, 4) is 0 Å². The second-order valence-corrected chi connectivity index (χ2v) is 3.96. The van der Waals surface area contributed by atoms with Gasteiger partial charge in [-0.2, -0.15) is 0 Å². The number of pyridine rings is 1. The van der Waals surface area contributed by atoms with Crippen LogP contribution >= 0.6 is 0 Å². The van der Waals surface area contributed by atoms with Gasteiger partial charge >= 0.3 is 0 Å². The Kier molecular flexibility index (Phi) is 5.06. The molecule has 3 N–H and O–H groups in total. The minimum absolute atomic E-state index is 0.212. The number of nitrogens with zero attached hydrogens (tertiary/aromatic N) is 1. The van der Waals surface area contributed by atoms with Gasteiger partial charge in [-0.05, 0) is 32.4 Å². The van der Waals surface area contributed by atoms with Crippen molar-refractivity contribution in [2.24, 2.45) is 5.73 Å². The number of nitrogens with one attached hydrogen (secondary N) is 1. The van der Waals surface area contributed by atoms with Gasteiger partial charge in [0, 0.05) is 19.4 Å². The van der Waals surface area contributed by atoms with E-state index in [9.17, 15) is 4.79 Å². The Balaban J connectivity index is 2.61. The summed E-state index contributed by atoms with van der Waals surface area (Å²) in [5, 5.41) is 2.76. The number of methoxy groups -OCH3 is 1. The maximum Gasteiger partial charge on any atom is 0.241 e. The molecular formula is C12H19N3O2. The summed E-state index contributed by atoms with van der Waals surface area (Å²) < 4.78 is 4.88. The highest BCUT2D eigenvalue weighted by Crippen LogP contribution is 2.12. The zero-order valence-corrected chi connectivity index (χ0v) is 10.5. The lowest BCUT2D eigenvalue weighted by Crippen LogP contribution is -2.36. The lowest BCUT2D eigenvalue weighted by atomic mass is 10.2. The largest absolute Gasteiger partial charge is 0.385 e. The van der Waals surface area contributed by atoms with Crippen LogP contribution in [0.3, 0.4) is 0 Å². The molecule has 0 aromatic carbocycles. The molecule has 1 heterocycles. The van der Waals surface area contributed by atoms with Gasteiger partial charge in [0.2, 0.25) is 5.91 Å². The molecule has 5 heteroatoms. The summed E-state index contributed by atoms with van der Waals surface area (Å²) in [4.78, 5) is 16.0. The van der Waals surface area contributed by atoms with Crippen molar-refractivity contribution in [1.29, 1.82) is 0 Å². The van der Waals surface area contributed by atoms with Crippen LogP contribution in [0.4, 0.5) is 5.69 Å². The molecule has 0 fully saturated rings. The molecule has 0 aliphatic carbocycles. The molecule has 0 bridgehead atoms. The van der Waals surface area contributed by atoms with Gasteiger partial charge < -0.3 is 15.8 Å². The summed E-state index contributed by atoms with van der Waals surface area (Å²) >= 11 is 0. The lowest BCUT2D eigenvalue weighted by Gasteiger charge is -2.13. The highest BCUT2D eigenvalue weighted by atomic mass is 16.5. The summed E-state index contributed by atoms with van der Waals surface area (Å²) in [6.45, 7) is 4.23. The number of nitrogens with two attached hydrogens (primary N) is 1. The number of rotatable bonds is 5. The molecule has 0 saturated heterocycles. The van der Waals surface area contributed by atoms with Gasteiger partial charge in [-0.25, -0.2) is 0 Å². The summed E-state index contributed by atoms with van der Waals surface area (Å²) in [7, 11) is 1.58. The van der Waals surface area contributed by atoms with Crippen molar-refractivity contribution in [2.75, 3.05) is 19.0 Å². The van der Waals surface area contributed by atoms with E-state index in [1.165, 1.54) is 0 Å². The van der Waals surface area contributed by atoms with Gasteiger partial charge in [-0.15, -0.1) is 0 Å². The van der Waals surface area contributed by atoms with E-state index in [1.807, 2.05) is 26.0 Å². The Labute approximate surface area is 101 Å². The third kappa shape index (κ3) is 4.13. The number of hydrogen-bond acceptors (Lipinski definition) is 4. The number of carbonyl (C=O) groups is 1. The van der Waals surface area contributed by atoms with Gasteiger partial charge in [0.15, 0.2) is 0 Å². The maximum atomic E-state index is 11.7. The second kappa shape index (κ2) is 6.32. The predicted octanol–water partition coefficient (Wildman–Crippen LogP) is 1.00. The first-order valence-corrected chi connectivity index (χ1v) is 5.54. The molecule has 0 saturated carbocycles. The molecule has 1 rings (SSSR count). The molecular weight excluding hydrogens is 218 g/mol. The van der Waals surface area contributed by atoms with Crippen molar-refractivity contribution >= 4 is 11.6 Å². The number of carbonyl (C=O) groups excluding carboxylic acids is 1. The molecule has 1 aromatic rings. The van der Waals surface area contributed by atoms with Crippen LogP contribution in [0.25, 0.3) is 0 Å². The first-order valence-electron chi connectivity index (χ1n) is 5.54. The number of ether oxygens (including phenoxy) is 1. The fourth-order valence-corrected chi connectivity index (χ4v) is 1.42. The Bertz CT molecular complexity index is 393. The molecule has 5 nitrogen and oxygen atoms in total. The topological polar surface area (TPSA) is 77.2 Å². The van der Waals surface area contributed by atoms with Crippen LogP contribution in [0, 0.1) is 13.8 Å². The van der Waals surface area contributed by atoms with Crippen LogP contribution in [0.1, 0.15) is 17.8 Å². The third-order valence-electron chi connectivity index (χ3n) is 2.45. The van der Waals surface area contributed by atoms with Gasteiger partial charge in [-0.1, -0.05) is 0 Å². The fraction of sp³-hybridized carbons (Fsp3) is 0.500. The van der Waals surface area contributed by atoms with E-state index < -0.39 is 6.04 Å². The number of anilines is 1. The normalized spacial score (nSPS) is 12.2. The molecule has 0 spiro atoms. The molecule has 94 valence electrons. The summed E-state index contributed by atoms with van der Waals surface area (Å²) in [5.41, 5.74) is 8.13. The van der Waals surface area contributed by atoms with E-state index in [2.05, 4.69) is 10.3 Å². The second-order valence-electron chi connectivity index (χ2n) is 3.96. The highest BCUT2D eigenvalue weighted by molar-refractivity contribution is 5.95. The molecule has 1 unspecified atom stereocenters. The Morgan fingerprint density at radius 3 is 2.82 bits per heavy atom. The van der Waals surface area contributed by atoms with Crippen LogP contribution < -0.4 is 11.1 Å². The van der Waals surface area contributed by atoms with Gasteiger partial charge in [0.25, 0.3) is 0 Å². The summed E-state index contributed by atoms with van der Waals surface area (Å²) in [5.74, 6) is -0.212. The van der Waals surface area contributed by atoms with Gasteiger partial charge in [0.1, 0.15) is 0 Å².